The van der Waals surface area contributed by atoms with Crippen LogP contribution in [-0.2, 0) is 6.54 Å². The molecule has 112 valence electrons. The predicted molar refractivity (Wildman–Crippen MR) is 90.9 cm³/mol. The van der Waals surface area contributed by atoms with Gasteiger partial charge in [-0.05, 0) is 37.1 Å². The smallest absolute Gasteiger partial charge is 0.254 e. The van der Waals surface area contributed by atoms with Gasteiger partial charge >= 0.3 is 0 Å². The van der Waals surface area contributed by atoms with Gasteiger partial charge in [0.15, 0.2) is 0 Å². The highest BCUT2D eigenvalue weighted by molar-refractivity contribution is 5.99. The number of aryl methyl sites for hydroxylation is 2. The zero-order chi connectivity index (χ0) is 15.9. The molecule has 0 radical (unpaired) electrons. The van der Waals surface area contributed by atoms with Gasteiger partial charge in [-0.2, -0.15) is 0 Å². The van der Waals surface area contributed by atoms with Gasteiger partial charge < -0.3 is 10.6 Å². The van der Waals surface area contributed by atoms with Crippen molar-refractivity contribution in [3.05, 3.63) is 64.7 Å². The Morgan fingerprint density at radius 2 is 1.95 bits per heavy atom. The summed E-state index contributed by atoms with van der Waals surface area (Å²) in [6.07, 6.45) is 5.18. The number of nitrogens with one attached hydrogen (secondary N) is 2. The Morgan fingerprint density at radius 3 is 2.73 bits per heavy atom. The molecule has 0 aliphatic heterocycles. The quantitative estimate of drug-likeness (QED) is 0.830. The van der Waals surface area contributed by atoms with Crippen LogP contribution in [0, 0.1) is 26.2 Å². The number of carbonyl (C=O) groups is 1. The van der Waals surface area contributed by atoms with Crippen molar-refractivity contribution in [2.24, 2.45) is 0 Å². The topological polar surface area (TPSA) is 41.1 Å². The van der Waals surface area contributed by atoms with Crippen LogP contribution < -0.4 is 10.6 Å². The van der Waals surface area contributed by atoms with Crippen molar-refractivity contribution in [1.29, 1.82) is 0 Å². The van der Waals surface area contributed by atoms with E-state index in [1.54, 1.807) is 6.07 Å². The summed E-state index contributed by atoms with van der Waals surface area (Å²) in [4.78, 5) is 12.1. The van der Waals surface area contributed by atoms with Crippen molar-refractivity contribution >= 4 is 11.6 Å². The Kier molecular flexibility index (Phi) is 5.21. The average Bonchev–Trinajstić information content (AvgIpc) is 2.53. The molecule has 0 aliphatic carbocycles. The zero-order valence-corrected chi connectivity index (χ0v) is 12.9. The zero-order valence-electron chi connectivity index (χ0n) is 12.9. The summed E-state index contributed by atoms with van der Waals surface area (Å²) in [5, 5.41) is 6.04. The van der Waals surface area contributed by atoms with Gasteiger partial charge in [0, 0.05) is 12.2 Å². The normalized spacial score (nSPS) is 9.86. The largest absolute Gasteiger partial charge is 0.380 e. The lowest BCUT2D eigenvalue weighted by molar-refractivity contribution is 0.0959. The molecule has 0 atom stereocenters. The molecule has 3 heteroatoms. The molecule has 0 unspecified atom stereocenters. The summed E-state index contributed by atoms with van der Waals surface area (Å²) in [6.45, 7) is 5.06. The number of rotatable bonds is 5. The number of terminal acetylenes is 1. The van der Waals surface area contributed by atoms with Gasteiger partial charge in [-0.25, -0.2) is 0 Å². The number of hydrogen-bond acceptors (Lipinski definition) is 2. The van der Waals surface area contributed by atoms with Gasteiger partial charge in [0.2, 0.25) is 0 Å². The summed E-state index contributed by atoms with van der Waals surface area (Å²) in [5.74, 6) is 2.24. The molecule has 2 rings (SSSR count). The molecular formula is C19H20N2O. The number of benzene rings is 2. The van der Waals surface area contributed by atoms with Gasteiger partial charge in [-0.1, -0.05) is 41.8 Å². The van der Waals surface area contributed by atoms with Crippen LogP contribution in [0.25, 0.3) is 0 Å². The summed E-state index contributed by atoms with van der Waals surface area (Å²) in [5.41, 5.74) is 5.08. The van der Waals surface area contributed by atoms with E-state index in [2.05, 4.69) is 48.6 Å². The van der Waals surface area contributed by atoms with Crippen molar-refractivity contribution in [1.82, 2.24) is 5.32 Å². The first-order valence-corrected chi connectivity index (χ1v) is 7.22. The van der Waals surface area contributed by atoms with E-state index in [0.717, 1.165) is 5.69 Å². The lowest BCUT2D eigenvalue weighted by atomic mass is 10.1. The predicted octanol–water partition coefficient (Wildman–Crippen LogP) is 3.28. The molecule has 1 amide bonds. The Hall–Kier alpha value is -2.73. The lowest BCUT2D eigenvalue weighted by Gasteiger charge is -2.13. The van der Waals surface area contributed by atoms with Crippen LogP contribution in [0.15, 0.2) is 42.5 Å². The maximum absolute atomic E-state index is 12.1. The van der Waals surface area contributed by atoms with Crippen LogP contribution in [0.5, 0.6) is 0 Å². The van der Waals surface area contributed by atoms with E-state index < -0.39 is 0 Å². The number of hydrogen-bond donors (Lipinski definition) is 2. The molecule has 0 saturated carbocycles. The minimum absolute atomic E-state index is 0.165. The van der Waals surface area contributed by atoms with Crippen LogP contribution >= 0.6 is 0 Å². The third kappa shape index (κ3) is 3.89. The van der Waals surface area contributed by atoms with Gasteiger partial charge in [-0.15, -0.1) is 6.42 Å². The molecule has 3 nitrogen and oxygen atoms in total. The first-order chi connectivity index (χ1) is 10.6. The molecule has 0 aromatic heterocycles. The second-order valence-corrected chi connectivity index (χ2v) is 5.22. The van der Waals surface area contributed by atoms with Gasteiger partial charge in [0.1, 0.15) is 0 Å². The molecule has 0 saturated heterocycles. The fraction of sp³-hybridized carbons (Fsp3) is 0.211. The second kappa shape index (κ2) is 7.33. The van der Waals surface area contributed by atoms with Crippen LogP contribution in [0.1, 0.15) is 27.0 Å². The van der Waals surface area contributed by atoms with E-state index in [-0.39, 0.29) is 12.5 Å². The van der Waals surface area contributed by atoms with E-state index in [9.17, 15) is 4.79 Å². The fourth-order valence-corrected chi connectivity index (χ4v) is 2.24. The van der Waals surface area contributed by atoms with Crippen molar-refractivity contribution in [3.8, 4) is 12.3 Å². The van der Waals surface area contributed by atoms with Gasteiger partial charge in [0.05, 0.1) is 12.1 Å². The standard InChI is InChI=1S/C19H20N2O/c1-4-11-20-19(22)17-7-5-6-8-18(17)21-13-16-12-14(2)9-10-15(16)3/h1,5-10,12,21H,11,13H2,2-3H3,(H,20,22). The van der Waals surface area contributed by atoms with Gasteiger partial charge in [0.25, 0.3) is 5.91 Å². The highest BCUT2D eigenvalue weighted by atomic mass is 16.1. The van der Waals surface area contributed by atoms with E-state index in [1.165, 1.54) is 16.7 Å². The lowest BCUT2D eigenvalue weighted by Crippen LogP contribution is -2.24. The third-order valence-corrected chi connectivity index (χ3v) is 3.50. The summed E-state index contributed by atoms with van der Waals surface area (Å²) in [7, 11) is 0. The van der Waals surface area contributed by atoms with Gasteiger partial charge in [-0.3, -0.25) is 4.79 Å². The summed E-state index contributed by atoms with van der Waals surface area (Å²) < 4.78 is 0. The van der Waals surface area contributed by atoms with E-state index in [0.29, 0.717) is 12.1 Å². The second-order valence-electron chi connectivity index (χ2n) is 5.22. The Balaban J connectivity index is 2.15. The van der Waals surface area contributed by atoms with E-state index in [4.69, 9.17) is 6.42 Å². The molecule has 0 heterocycles. The first-order valence-electron chi connectivity index (χ1n) is 7.22. The van der Waals surface area contributed by atoms with Crippen molar-refractivity contribution in [2.45, 2.75) is 20.4 Å². The Morgan fingerprint density at radius 1 is 1.18 bits per heavy atom. The van der Waals surface area contributed by atoms with Crippen LogP contribution in [0.3, 0.4) is 0 Å². The molecule has 2 aromatic carbocycles. The maximum atomic E-state index is 12.1. The van der Waals surface area contributed by atoms with Crippen LogP contribution in [0.4, 0.5) is 5.69 Å². The molecule has 0 bridgehead atoms. The molecular weight excluding hydrogens is 272 g/mol. The summed E-state index contributed by atoms with van der Waals surface area (Å²) in [6, 6.07) is 13.8. The van der Waals surface area contributed by atoms with Crippen molar-refractivity contribution in [3.63, 3.8) is 0 Å². The number of amides is 1. The van der Waals surface area contributed by atoms with Crippen molar-refractivity contribution in [2.75, 3.05) is 11.9 Å². The SMILES string of the molecule is C#CCNC(=O)c1ccccc1NCc1cc(C)ccc1C. The summed E-state index contributed by atoms with van der Waals surface area (Å²) >= 11 is 0. The van der Waals surface area contributed by atoms with Crippen molar-refractivity contribution < 1.29 is 4.79 Å². The average molecular weight is 292 g/mol. The van der Waals surface area contributed by atoms with Crippen LogP contribution in [0.2, 0.25) is 0 Å². The molecule has 22 heavy (non-hydrogen) atoms. The molecule has 0 aliphatic rings. The molecule has 0 fully saturated rings. The Bertz CT molecular complexity index is 714. The number of anilines is 1. The molecule has 2 aromatic rings. The molecule has 0 spiro atoms. The number of para-hydroxylation sites is 1. The highest BCUT2D eigenvalue weighted by Crippen LogP contribution is 2.18. The minimum Gasteiger partial charge on any atom is -0.380 e. The Labute approximate surface area is 131 Å². The van der Waals surface area contributed by atoms with Crippen LogP contribution in [-0.4, -0.2) is 12.5 Å². The monoisotopic (exact) mass is 292 g/mol. The number of carbonyl (C=O) groups excluding carboxylic acids is 1. The highest BCUT2D eigenvalue weighted by Gasteiger charge is 2.10. The minimum atomic E-state index is -0.165. The van der Waals surface area contributed by atoms with E-state index in [1.807, 2.05) is 18.2 Å². The molecule has 2 N–H and O–H groups in total. The fourth-order valence-electron chi connectivity index (χ4n) is 2.24. The maximum Gasteiger partial charge on any atom is 0.254 e. The first kappa shape index (κ1) is 15.7. The third-order valence-electron chi connectivity index (χ3n) is 3.50. The van der Waals surface area contributed by atoms with E-state index >= 15 is 0 Å².